The summed E-state index contributed by atoms with van der Waals surface area (Å²) < 4.78 is 42.2. The van der Waals surface area contributed by atoms with Crippen molar-refractivity contribution in [3.63, 3.8) is 0 Å². The van der Waals surface area contributed by atoms with Gasteiger partial charge in [-0.3, -0.25) is 4.98 Å². The lowest BCUT2D eigenvalue weighted by molar-refractivity contribution is -0.138. The highest BCUT2D eigenvalue weighted by atomic mass is 35.5. The third-order valence-electron chi connectivity index (χ3n) is 6.81. The first-order chi connectivity index (χ1) is 18.6. The standard InChI is InChI=1S/C27H26Cl2F3N7/c1-17-10-22-24(39(26-34-36-37(2)35-26)16-19-11-20(28)13-21(29)12-19)4-3-9-38(15-18-5-7-33-8-6-18)25(22)14-23(17)27(30,31)32/h5-8,10-14,24H,3-4,9,15-16H2,1-2H3. The summed E-state index contributed by atoms with van der Waals surface area (Å²) in [6.07, 6.45) is 0.289. The molecule has 1 aliphatic rings. The molecular weight excluding hydrogens is 550 g/mol. The second-order valence-corrected chi connectivity index (χ2v) is 10.5. The number of aromatic nitrogens is 5. The molecule has 1 unspecified atom stereocenters. The van der Waals surface area contributed by atoms with Crippen LogP contribution in [-0.2, 0) is 26.3 Å². The van der Waals surface area contributed by atoms with Gasteiger partial charge in [0, 0.05) is 47.8 Å². The minimum absolute atomic E-state index is 0.162. The molecule has 1 aliphatic heterocycles. The van der Waals surface area contributed by atoms with Crippen LogP contribution in [0.3, 0.4) is 0 Å². The Morgan fingerprint density at radius 2 is 1.74 bits per heavy atom. The second kappa shape index (κ2) is 11.0. The van der Waals surface area contributed by atoms with Crippen LogP contribution in [0.4, 0.5) is 24.8 Å². The van der Waals surface area contributed by atoms with E-state index < -0.39 is 11.7 Å². The number of benzene rings is 2. The Balaban J connectivity index is 1.64. The zero-order valence-electron chi connectivity index (χ0n) is 21.3. The zero-order valence-corrected chi connectivity index (χ0v) is 22.8. The maximum atomic E-state index is 14.1. The van der Waals surface area contributed by atoms with Crippen molar-refractivity contribution in [3.05, 3.63) is 92.7 Å². The van der Waals surface area contributed by atoms with E-state index in [0.717, 1.165) is 23.1 Å². The summed E-state index contributed by atoms with van der Waals surface area (Å²) in [5.74, 6) is 0.365. The van der Waals surface area contributed by atoms with Gasteiger partial charge in [-0.2, -0.15) is 18.0 Å². The van der Waals surface area contributed by atoms with Crippen LogP contribution in [-0.4, -0.2) is 31.7 Å². The van der Waals surface area contributed by atoms with Crippen LogP contribution in [0.2, 0.25) is 10.0 Å². The number of nitrogens with zero attached hydrogens (tertiary/aromatic N) is 7. The number of anilines is 2. The van der Waals surface area contributed by atoms with Gasteiger partial charge in [0.25, 0.3) is 5.95 Å². The number of rotatable bonds is 6. The fourth-order valence-electron chi connectivity index (χ4n) is 5.12. The van der Waals surface area contributed by atoms with E-state index in [2.05, 4.69) is 20.4 Å². The van der Waals surface area contributed by atoms with Crippen LogP contribution in [0.15, 0.2) is 54.9 Å². The maximum Gasteiger partial charge on any atom is 0.416 e. The van der Waals surface area contributed by atoms with E-state index in [-0.39, 0.29) is 11.6 Å². The molecule has 0 amide bonds. The van der Waals surface area contributed by atoms with Crippen LogP contribution < -0.4 is 9.80 Å². The number of alkyl halides is 3. The van der Waals surface area contributed by atoms with Crippen LogP contribution >= 0.6 is 23.2 Å². The van der Waals surface area contributed by atoms with E-state index >= 15 is 0 Å². The summed E-state index contributed by atoms with van der Waals surface area (Å²) in [7, 11) is 1.67. The molecule has 2 aromatic carbocycles. The minimum atomic E-state index is -4.48. The average Bonchev–Trinajstić information content (AvgIpc) is 3.22. The van der Waals surface area contributed by atoms with Gasteiger partial charge in [-0.15, -0.1) is 5.10 Å². The molecule has 5 rings (SSSR count). The molecule has 1 atom stereocenters. The van der Waals surface area contributed by atoms with Crippen molar-refractivity contribution in [1.29, 1.82) is 0 Å². The van der Waals surface area contributed by atoms with Gasteiger partial charge in [0.15, 0.2) is 0 Å². The predicted molar refractivity (Wildman–Crippen MR) is 145 cm³/mol. The fourth-order valence-corrected chi connectivity index (χ4v) is 5.69. The lowest BCUT2D eigenvalue weighted by atomic mass is 9.94. The van der Waals surface area contributed by atoms with Crippen LogP contribution in [0.5, 0.6) is 0 Å². The highest BCUT2D eigenvalue weighted by Crippen LogP contribution is 2.44. The van der Waals surface area contributed by atoms with Crippen LogP contribution in [0, 0.1) is 6.92 Å². The molecule has 0 spiro atoms. The Hall–Kier alpha value is -3.37. The summed E-state index contributed by atoms with van der Waals surface area (Å²) in [6, 6.07) is 11.6. The molecule has 2 aromatic heterocycles. The van der Waals surface area contributed by atoms with Gasteiger partial charge in [-0.1, -0.05) is 34.4 Å². The van der Waals surface area contributed by atoms with Crippen molar-refractivity contribution in [2.24, 2.45) is 7.05 Å². The van der Waals surface area contributed by atoms with Crippen LogP contribution in [0.25, 0.3) is 0 Å². The van der Waals surface area contributed by atoms with E-state index in [1.165, 1.54) is 17.8 Å². The molecule has 39 heavy (non-hydrogen) atoms. The Morgan fingerprint density at radius 1 is 1.03 bits per heavy atom. The summed E-state index contributed by atoms with van der Waals surface area (Å²) in [5.41, 5.74) is 2.60. The van der Waals surface area contributed by atoms with Crippen molar-refractivity contribution in [2.45, 2.75) is 45.1 Å². The number of fused-ring (bicyclic) bond motifs is 1. The van der Waals surface area contributed by atoms with Gasteiger partial charge in [0.1, 0.15) is 0 Å². The van der Waals surface area contributed by atoms with Crippen molar-refractivity contribution in [2.75, 3.05) is 16.3 Å². The van der Waals surface area contributed by atoms with E-state index in [4.69, 9.17) is 23.2 Å². The Labute approximate surface area is 234 Å². The van der Waals surface area contributed by atoms with Gasteiger partial charge in [0.05, 0.1) is 18.7 Å². The maximum absolute atomic E-state index is 14.1. The fraction of sp³-hybridized carbons (Fsp3) is 0.333. The molecular formula is C27H26Cl2F3N7. The summed E-state index contributed by atoms with van der Waals surface area (Å²) in [6.45, 7) is 2.87. The molecule has 0 fully saturated rings. The SMILES string of the molecule is Cc1cc2c(cc1C(F)(F)F)N(Cc1ccncc1)CCCC2N(Cc1cc(Cl)cc(Cl)c1)c1nnn(C)n1. The number of halogens is 5. The summed E-state index contributed by atoms with van der Waals surface area (Å²) in [5, 5.41) is 13.7. The van der Waals surface area contributed by atoms with Crippen molar-refractivity contribution < 1.29 is 13.2 Å². The Bertz CT molecular complexity index is 1440. The number of hydrogen-bond donors (Lipinski definition) is 0. The molecule has 0 radical (unpaired) electrons. The summed E-state index contributed by atoms with van der Waals surface area (Å²) in [4.78, 5) is 9.41. The highest BCUT2D eigenvalue weighted by molar-refractivity contribution is 6.34. The first-order valence-corrected chi connectivity index (χ1v) is 13.2. The Morgan fingerprint density at radius 3 is 2.38 bits per heavy atom. The van der Waals surface area contributed by atoms with Gasteiger partial charge >= 0.3 is 6.18 Å². The van der Waals surface area contributed by atoms with E-state index in [1.807, 2.05) is 34.1 Å². The molecule has 3 heterocycles. The van der Waals surface area contributed by atoms with Crippen molar-refractivity contribution in [3.8, 4) is 0 Å². The monoisotopic (exact) mass is 575 g/mol. The molecule has 0 N–H and O–H groups in total. The molecule has 0 saturated heterocycles. The van der Waals surface area contributed by atoms with E-state index in [9.17, 15) is 13.2 Å². The Kier molecular flexibility index (Phi) is 7.68. The van der Waals surface area contributed by atoms with Crippen LogP contribution in [0.1, 0.15) is 46.7 Å². The molecule has 4 aromatic rings. The van der Waals surface area contributed by atoms with Crippen molar-refractivity contribution in [1.82, 2.24) is 25.2 Å². The average molecular weight is 576 g/mol. The lowest BCUT2D eigenvalue weighted by Crippen LogP contribution is -2.30. The zero-order chi connectivity index (χ0) is 27.7. The van der Waals surface area contributed by atoms with Gasteiger partial charge in [-0.25, -0.2) is 0 Å². The minimum Gasteiger partial charge on any atom is -0.367 e. The van der Waals surface area contributed by atoms with Gasteiger partial charge in [0.2, 0.25) is 0 Å². The number of hydrogen-bond acceptors (Lipinski definition) is 6. The van der Waals surface area contributed by atoms with Gasteiger partial charge in [-0.05, 0) is 83.6 Å². The smallest absolute Gasteiger partial charge is 0.367 e. The van der Waals surface area contributed by atoms with E-state index in [1.54, 1.807) is 31.6 Å². The molecule has 0 aliphatic carbocycles. The predicted octanol–water partition coefficient (Wildman–Crippen LogP) is 6.79. The van der Waals surface area contributed by atoms with Gasteiger partial charge < -0.3 is 9.80 Å². The summed E-state index contributed by atoms with van der Waals surface area (Å²) >= 11 is 12.6. The highest BCUT2D eigenvalue weighted by Gasteiger charge is 2.37. The largest absolute Gasteiger partial charge is 0.416 e. The normalized spacial score (nSPS) is 15.7. The number of pyridine rings is 1. The third-order valence-corrected chi connectivity index (χ3v) is 7.25. The molecule has 0 bridgehead atoms. The molecule has 7 nitrogen and oxygen atoms in total. The van der Waals surface area contributed by atoms with E-state index in [0.29, 0.717) is 47.7 Å². The quantitative estimate of drug-likeness (QED) is 0.252. The third kappa shape index (κ3) is 6.12. The second-order valence-electron chi connectivity index (χ2n) is 9.64. The molecule has 12 heteroatoms. The first kappa shape index (κ1) is 27.2. The lowest BCUT2D eigenvalue weighted by Gasteiger charge is -2.33. The number of tetrazole rings is 1. The topological polar surface area (TPSA) is 63.0 Å². The molecule has 0 saturated carbocycles. The van der Waals surface area contributed by atoms with Crippen molar-refractivity contribution >= 4 is 34.8 Å². The molecule has 204 valence electrons. The number of aryl methyl sites for hydroxylation is 2. The first-order valence-electron chi connectivity index (χ1n) is 12.4.